The zero-order chi connectivity index (χ0) is 22.8. The lowest BCUT2D eigenvalue weighted by molar-refractivity contribution is -0.130. The Balaban J connectivity index is 2.08. The van der Waals surface area contributed by atoms with Gasteiger partial charge in [-0.25, -0.2) is 0 Å². The Morgan fingerprint density at radius 3 is 2.23 bits per heavy atom. The van der Waals surface area contributed by atoms with Crippen molar-refractivity contribution in [2.45, 2.75) is 58.2 Å². The first-order valence-corrected chi connectivity index (χ1v) is 10.4. The molecule has 0 saturated carbocycles. The van der Waals surface area contributed by atoms with E-state index in [1.54, 1.807) is 0 Å². The Bertz CT molecular complexity index is 883. The summed E-state index contributed by atoms with van der Waals surface area (Å²) in [5.74, 6) is -0.720. The molecule has 7 nitrogen and oxygen atoms in total. The van der Waals surface area contributed by atoms with Crippen LogP contribution in [-0.2, 0) is 27.2 Å². The number of ether oxygens (including phenoxy) is 1. The van der Waals surface area contributed by atoms with Crippen molar-refractivity contribution < 1.29 is 19.1 Å². The van der Waals surface area contributed by atoms with E-state index in [4.69, 9.17) is 10.5 Å². The van der Waals surface area contributed by atoms with Crippen LogP contribution in [0.15, 0.2) is 54.6 Å². The molecule has 0 heterocycles. The highest BCUT2D eigenvalue weighted by Crippen LogP contribution is 2.16. The quantitative estimate of drug-likeness (QED) is 0.512. The SMILES string of the molecule is CC(=O)N[C@@H](Cc1cccc(OC(C)C)c1)C(=O)N[C@@H](CCc1ccccc1)C(N)=O. The molecular formula is C24H31N3O4. The van der Waals surface area contributed by atoms with Crippen LogP contribution >= 0.6 is 0 Å². The molecule has 0 radical (unpaired) electrons. The van der Waals surface area contributed by atoms with Gasteiger partial charge in [0.15, 0.2) is 0 Å². The van der Waals surface area contributed by atoms with Crippen LogP contribution in [0.2, 0.25) is 0 Å². The van der Waals surface area contributed by atoms with Crippen LogP contribution in [0.5, 0.6) is 5.75 Å². The molecular weight excluding hydrogens is 394 g/mol. The van der Waals surface area contributed by atoms with Crippen molar-refractivity contribution in [1.29, 1.82) is 0 Å². The smallest absolute Gasteiger partial charge is 0.243 e. The number of hydrogen-bond donors (Lipinski definition) is 3. The van der Waals surface area contributed by atoms with Gasteiger partial charge in [0.25, 0.3) is 0 Å². The number of carbonyl (C=O) groups is 3. The molecule has 0 spiro atoms. The van der Waals surface area contributed by atoms with E-state index < -0.39 is 23.9 Å². The number of rotatable bonds is 11. The highest BCUT2D eigenvalue weighted by Gasteiger charge is 2.25. The summed E-state index contributed by atoms with van der Waals surface area (Å²) in [6.45, 7) is 5.21. The zero-order valence-electron chi connectivity index (χ0n) is 18.3. The summed E-state index contributed by atoms with van der Waals surface area (Å²) in [7, 11) is 0. The maximum Gasteiger partial charge on any atom is 0.243 e. The molecule has 4 N–H and O–H groups in total. The molecule has 0 aliphatic rings. The Hall–Kier alpha value is -3.35. The van der Waals surface area contributed by atoms with Crippen molar-refractivity contribution in [3.8, 4) is 5.75 Å². The summed E-state index contributed by atoms with van der Waals surface area (Å²) in [5, 5.41) is 5.36. The molecule has 0 aliphatic carbocycles. The normalized spacial score (nSPS) is 12.6. The lowest BCUT2D eigenvalue weighted by atomic mass is 10.0. The third kappa shape index (κ3) is 8.50. The van der Waals surface area contributed by atoms with Crippen LogP contribution in [-0.4, -0.2) is 35.9 Å². The third-order valence-corrected chi connectivity index (χ3v) is 4.63. The fraction of sp³-hybridized carbons (Fsp3) is 0.375. The molecule has 0 saturated heterocycles. The zero-order valence-corrected chi connectivity index (χ0v) is 18.3. The van der Waals surface area contributed by atoms with Crippen LogP contribution in [0.25, 0.3) is 0 Å². The van der Waals surface area contributed by atoms with Gasteiger partial charge in [0.1, 0.15) is 17.8 Å². The van der Waals surface area contributed by atoms with Gasteiger partial charge in [-0.3, -0.25) is 14.4 Å². The molecule has 0 aliphatic heterocycles. The number of benzene rings is 2. The lowest BCUT2D eigenvalue weighted by Crippen LogP contribution is -2.53. The standard InChI is InChI=1S/C24H31N3O4/c1-16(2)31-20-11-7-10-19(14-20)15-22(26-17(3)28)24(30)27-21(23(25)29)13-12-18-8-5-4-6-9-18/h4-11,14,16,21-22H,12-13,15H2,1-3H3,(H2,25,29)(H,26,28)(H,27,30)/t21-,22-/m0/s1. The summed E-state index contributed by atoms with van der Waals surface area (Å²) in [5.41, 5.74) is 7.38. The minimum Gasteiger partial charge on any atom is -0.491 e. The Labute approximate surface area is 183 Å². The maximum atomic E-state index is 12.9. The molecule has 7 heteroatoms. The molecule has 2 atom stereocenters. The fourth-order valence-corrected chi connectivity index (χ4v) is 3.22. The fourth-order valence-electron chi connectivity index (χ4n) is 3.22. The van der Waals surface area contributed by atoms with Crippen molar-refractivity contribution in [2.24, 2.45) is 5.73 Å². The highest BCUT2D eigenvalue weighted by molar-refractivity contribution is 5.91. The van der Waals surface area contributed by atoms with Crippen molar-refractivity contribution in [2.75, 3.05) is 0 Å². The van der Waals surface area contributed by atoms with Crippen molar-refractivity contribution in [1.82, 2.24) is 10.6 Å². The summed E-state index contributed by atoms with van der Waals surface area (Å²) in [4.78, 5) is 36.5. The van der Waals surface area contributed by atoms with E-state index in [1.165, 1.54) is 6.92 Å². The van der Waals surface area contributed by atoms with Gasteiger partial charge in [0.2, 0.25) is 17.7 Å². The summed E-state index contributed by atoms with van der Waals surface area (Å²) >= 11 is 0. The molecule has 0 fully saturated rings. The number of amides is 3. The van der Waals surface area contributed by atoms with Gasteiger partial charge in [-0.2, -0.15) is 0 Å². The number of nitrogens with one attached hydrogen (secondary N) is 2. The maximum absolute atomic E-state index is 12.9. The van der Waals surface area contributed by atoms with Crippen LogP contribution < -0.4 is 21.1 Å². The van der Waals surface area contributed by atoms with E-state index >= 15 is 0 Å². The van der Waals surface area contributed by atoms with Crippen LogP contribution in [0.3, 0.4) is 0 Å². The Morgan fingerprint density at radius 1 is 0.935 bits per heavy atom. The van der Waals surface area contributed by atoms with Gasteiger partial charge in [0, 0.05) is 13.3 Å². The molecule has 2 aromatic carbocycles. The summed E-state index contributed by atoms with van der Waals surface area (Å²) < 4.78 is 5.70. The largest absolute Gasteiger partial charge is 0.491 e. The predicted molar refractivity (Wildman–Crippen MR) is 119 cm³/mol. The number of aryl methyl sites for hydroxylation is 1. The van der Waals surface area contributed by atoms with Gasteiger partial charge >= 0.3 is 0 Å². The van der Waals surface area contributed by atoms with Crippen LogP contribution in [0.4, 0.5) is 0 Å². The number of hydrogen-bond acceptors (Lipinski definition) is 4. The Morgan fingerprint density at radius 2 is 1.61 bits per heavy atom. The van der Waals surface area contributed by atoms with E-state index in [2.05, 4.69) is 10.6 Å². The molecule has 0 unspecified atom stereocenters. The minimum atomic E-state index is -0.842. The monoisotopic (exact) mass is 425 g/mol. The predicted octanol–water partition coefficient (Wildman–Crippen LogP) is 2.12. The lowest BCUT2D eigenvalue weighted by Gasteiger charge is -2.22. The van der Waals surface area contributed by atoms with Gasteiger partial charge in [-0.15, -0.1) is 0 Å². The first-order chi connectivity index (χ1) is 14.7. The number of primary amides is 1. The first kappa shape index (κ1) is 23.9. The first-order valence-electron chi connectivity index (χ1n) is 10.4. The van der Waals surface area contributed by atoms with Crippen molar-refractivity contribution >= 4 is 17.7 Å². The minimum absolute atomic E-state index is 0.0191. The van der Waals surface area contributed by atoms with Gasteiger partial charge in [-0.05, 0) is 49.9 Å². The molecule has 0 bridgehead atoms. The second kappa shape index (κ2) is 11.7. The van der Waals surface area contributed by atoms with Crippen LogP contribution in [0, 0.1) is 0 Å². The van der Waals surface area contributed by atoms with E-state index in [0.29, 0.717) is 18.6 Å². The topological polar surface area (TPSA) is 111 Å². The molecule has 31 heavy (non-hydrogen) atoms. The van der Waals surface area contributed by atoms with Crippen molar-refractivity contribution in [3.05, 3.63) is 65.7 Å². The van der Waals surface area contributed by atoms with E-state index in [-0.39, 0.29) is 18.4 Å². The molecule has 0 aromatic heterocycles. The molecule has 3 amide bonds. The molecule has 166 valence electrons. The molecule has 2 rings (SSSR count). The average molecular weight is 426 g/mol. The summed E-state index contributed by atoms with van der Waals surface area (Å²) in [6.07, 6.45) is 1.24. The van der Waals surface area contributed by atoms with E-state index in [1.807, 2.05) is 68.4 Å². The molecule has 2 aromatic rings. The second-order valence-corrected chi connectivity index (χ2v) is 7.76. The summed E-state index contributed by atoms with van der Waals surface area (Å²) in [6, 6.07) is 15.3. The van der Waals surface area contributed by atoms with E-state index in [9.17, 15) is 14.4 Å². The van der Waals surface area contributed by atoms with Gasteiger partial charge < -0.3 is 21.1 Å². The average Bonchev–Trinajstić information content (AvgIpc) is 2.70. The number of carbonyl (C=O) groups excluding carboxylic acids is 3. The van der Waals surface area contributed by atoms with Crippen molar-refractivity contribution in [3.63, 3.8) is 0 Å². The third-order valence-electron chi connectivity index (χ3n) is 4.63. The van der Waals surface area contributed by atoms with Gasteiger partial charge in [-0.1, -0.05) is 42.5 Å². The van der Waals surface area contributed by atoms with Gasteiger partial charge in [0.05, 0.1) is 6.10 Å². The highest BCUT2D eigenvalue weighted by atomic mass is 16.5. The number of nitrogens with two attached hydrogens (primary N) is 1. The van der Waals surface area contributed by atoms with Crippen LogP contribution in [0.1, 0.15) is 38.3 Å². The Kier molecular flexibility index (Phi) is 9.06. The van der Waals surface area contributed by atoms with E-state index in [0.717, 1.165) is 11.1 Å². The second-order valence-electron chi connectivity index (χ2n) is 7.76.